The minimum atomic E-state index is -1.80. The van der Waals surface area contributed by atoms with E-state index in [9.17, 15) is 14.7 Å². The Bertz CT molecular complexity index is 878. The first-order valence-corrected chi connectivity index (χ1v) is 14.3. The average Bonchev–Trinajstić information content (AvgIpc) is 2.69. The van der Waals surface area contributed by atoms with Gasteiger partial charge in [-0.15, -0.1) is 0 Å². The number of benzene rings is 1. The second kappa shape index (κ2) is 10.3. The van der Waals surface area contributed by atoms with E-state index in [-0.39, 0.29) is 17.2 Å². The predicted molar refractivity (Wildman–Crippen MR) is 132 cm³/mol. The standard InChI is InChI=1S/C25H39NO6Si/c1-24(2,3)32-23(29)26-14-13-20(21(17-26)22(27)28)18-9-11-19(12-10-18)30-15-16-31-33(7,8)25(4,5)6/h9-12H,13-17H2,1-8H3,(H,27,28). The van der Waals surface area contributed by atoms with Gasteiger partial charge < -0.3 is 23.9 Å². The van der Waals surface area contributed by atoms with E-state index in [0.29, 0.717) is 31.9 Å². The van der Waals surface area contributed by atoms with Crippen LogP contribution in [0.2, 0.25) is 18.1 Å². The molecule has 0 spiro atoms. The van der Waals surface area contributed by atoms with Crippen LogP contribution in [0.5, 0.6) is 5.75 Å². The quantitative estimate of drug-likeness (QED) is 0.408. The third-order valence-electron chi connectivity index (χ3n) is 6.08. The highest BCUT2D eigenvalue weighted by Gasteiger charge is 2.37. The molecule has 0 unspecified atom stereocenters. The van der Waals surface area contributed by atoms with E-state index in [1.165, 1.54) is 4.90 Å². The second-order valence-electron chi connectivity index (χ2n) is 10.9. The first-order chi connectivity index (χ1) is 15.1. The molecular formula is C25H39NO6Si. The normalized spacial score (nSPS) is 15.5. The lowest BCUT2D eigenvalue weighted by atomic mass is 9.93. The van der Waals surface area contributed by atoms with E-state index in [2.05, 4.69) is 33.9 Å². The third-order valence-corrected chi connectivity index (χ3v) is 10.6. The number of rotatable bonds is 7. The molecule has 1 amide bonds. The van der Waals surface area contributed by atoms with Crippen LogP contribution in [0.1, 0.15) is 53.5 Å². The van der Waals surface area contributed by atoms with Gasteiger partial charge in [0, 0.05) is 6.54 Å². The number of hydrogen-bond donors (Lipinski definition) is 1. The molecule has 0 radical (unpaired) electrons. The van der Waals surface area contributed by atoms with Gasteiger partial charge in [-0.25, -0.2) is 9.59 Å². The van der Waals surface area contributed by atoms with Crippen molar-refractivity contribution in [3.8, 4) is 5.75 Å². The van der Waals surface area contributed by atoms with Crippen LogP contribution in [0.4, 0.5) is 4.79 Å². The summed E-state index contributed by atoms with van der Waals surface area (Å²) in [7, 11) is -1.80. The molecule has 0 aromatic heterocycles. The van der Waals surface area contributed by atoms with Crippen molar-refractivity contribution in [1.29, 1.82) is 0 Å². The first-order valence-electron chi connectivity index (χ1n) is 11.4. The fourth-order valence-electron chi connectivity index (χ4n) is 3.19. The van der Waals surface area contributed by atoms with Gasteiger partial charge in [0.05, 0.1) is 18.7 Å². The highest BCUT2D eigenvalue weighted by atomic mass is 28.4. The molecule has 0 saturated carbocycles. The maximum absolute atomic E-state index is 12.4. The Morgan fingerprint density at radius 3 is 2.15 bits per heavy atom. The molecule has 7 nitrogen and oxygen atoms in total. The van der Waals surface area contributed by atoms with Crippen molar-refractivity contribution < 1.29 is 28.6 Å². The lowest BCUT2D eigenvalue weighted by Gasteiger charge is -2.36. The number of carbonyl (C=O) groups is 2. The molecule has 0 aliphatic carbocycles. The molecule has 1 aromatic rings. The van der Waals surface area contributed by atoms with E-state index in [1.54, 1.807) is 20.8 Å². The summed E-state index contributed by atoms with van der Waals surface area (Å²) in [6.45, 7) is 17.8. The first kappa shape index (κ1) is 26.9. The number of carboxylic acid groups (broad SMARTS) is 1. The van der Waals surface area contributed by atoms with Crippen LogP contribution in [0.3, 0.4) is 0 Å². The highest BCUT2D eigenvalue weighted by Crippen LogP contribution is 2.36. The van der Waals surface area contributed by atoms with Crippen molar-refractivity contribution in [2.45, 2.75) is 71.7 Å². The van der Waals surface area contributed by atoms with Gasteiger partial charge in [-0.3, -0.25) is 0 Å². The summed E-state index contributed by atoms with van der Waals surface area (Å²) in [5, 5.41) is 9.91. The minimum Gasteiger partial charge on any atom is -0.491 e. The molecule has 184 valence electrons. The predicted octanol–water partition coefficient (Wildman–Crippen LogP) is 5.57. The smallest absolute Gasteiger partial charge is 0.410 e. The van der Waals surface area contributed by atoms with Crippen molar-refractivity contribution in [2.75, 3.05) is 26.3 Å². The summed E-state index contributed by atoms with van der Waals surface area (Å²) in [6.07, 6.45) is -0.0505. The molecular weight excluding hydrogens is 438 g/mol. The molecule has 1 aromatic carbocycles. The number of carbonyl (C=O) groups excluding carboxylic acids is 1. The lowest BCUT2D eigenvalue weighted by molar-refractivity contribution is -0.132. The van der Waals surface area contributed by atoms with Crippen molar-refractivity contribution >= 4 is 26.0 Å². The van der Waals surface area contributed by atoms with Crippen molar-refractivity contribution in [1.82, 2.24) is 4.90 Å². The fraction of sp³-hybridized carbons (Fsp3) is 0.600. The summed E-state index contributed by atoms with van der Waals surface area (Å²) < 4.78 is 17.3. The molecule has 0 fully saturated rings. The van der Waals surface area contributed by atoms with Gasteiger partial charge in [-0.2, -0.15) is 0 Å². The van der Waals surface area contributed by atoms with Crippen LogP contribution in [-0.2, 0) is 14.0 Å². The fourth-order valence-corrected chi connectivity index (χ4v) is 4.21. The van der Waals surface area contributed by atoms with E-state index in [1.807, 2.05) is 24.3 Å². The van der Waals surface area contributed by atoms with Gasteiger partial charge in [0.25, 0.3) is 0 Å². The van der Waals surface area contributed by atoms with Crippen LogP contribution in [0, 0.1) is 0 Å². The van der Waals surface area contributed by atoms with Gasteiger partial charge in [-0.05, 0) is 68.6 Å². The average molecular weight is 478 g/mol. The maximum atomic E-state index is 12.4. The van der Waals surface area contributed by atoms with E-state index in [0.717, 1.165) is 11.1 Å². The number of carboxylic acids is 1. The van der Waals surface area contributed by atoms with Crippen LogP contribution in [0.25, 0.3) is 5.57 Å². The molecule has 1 heterocycles. The Morgan fingerprint density at radius 1 is 1.03 bits per heavy atom. The Balaban J connectivity index is 2.03. The zero-order chi connectivity index (χ0) is 25.0. The molecule has 8 heteroatoms. The number of ether oxygens (including phenoxy) is 2. The van der Waals surface area contributed by atoms with Gasteiger partial charge in [0.1, 0.15) is 18.0 Å². The third kappa shape index (κ3) is 7.60. The molecule has 1 aliphatic heterocycles. The Morgan fingerprint density at radius 2 is 1.64 bits per heavy atom. The molecule has 0 saturated heterocycles. The van der Waals surface area contributed by atoms with Crippen LogP contribution >= 0.6 is 0 Å². The van der Waals surface area contributed by atoms with Crippen LogP contribution in [0.15, 0.2) is 29.8 Å². The van der Waals surface area contributed by atoms with Gasteiger partial charge in [-0.1, -0.05) is 32.9 Å². The second-order valence-corrected chi connectivity index (χ2v) is 15.7. The summed E-state index contributed by atoms with van der Waals surface area (Å²) >= 11 is 0. The van der Waals surface area contributed by atoms with Crippen molar-refractivity contribution in [2.24, 2.45) is 0 Å². The topological polar surface area (TPSA) is 85.3 Å². The maximum Gasteiger partial charge on any atom is 0.410 e. The monoisotopic (exact) mass is 477 g/mol. The van der Waals surface area contributed by atoms with Crippen molar-refractivity contribution in [3.05, 3.63) is 35.4 Å². The largest absolute Gasteiger partial charge is 0.491 e. The lowest BCUT2D eigenvalue weighted by Crippen LogP contribution is -2.41. The van der Waals surface area contributed by atoms with E-state index < -0.39 is 26.0 Å². The number of hydrogen-bond acceptors (Lipinski definition) is 5. The molecule has 0 atom stereocenters. The van der Waals surface area contributed by atoms with Gasteiger partial charge in [0.2, 0.25) is 0 Å². The summed E-state index contributed by atoms with van der Waals surface area (Å²) in [6, 6.07) is 7.42. The van der Waals surface area contributed by atoms with Gasteiger partial charge in [0.15, 0.2) is 8.32 Å². The Hall–Kier alpha value is -2.32. The van der Waals surface area contributed by atoms with Crippen LogP contribution in [-0.4, -0.2) is 62.3 Å². The molecule has 1 aliphatic rings. The van der Waals surface area contributed by atoms with Crippen LogP contribution < -0.4 is 4.74 Å². The summed E-state index contributed by atoms with van der Waals surface area (Å²) in [4.78, 5) is 25.7. The summed E-state index contributed by atoms with van der Waals surface area (Å²) in [5.74, 6) is -0.317. The van der Waals surface area contributed by atoms with Gasteiger partial charge >= 0.3 is 12.1 Å². The van der Waals surface area contributed by atoms with Crippen molar-refractivity contribution in [3.63, 3.8) is 0 Å². The molecule has 0 bridgehead atoms. The number of aliphatic carboxylic acids is 1. The summed E-state index contributed by atoms with van der Waals surface area (Å²) in [5.41, 5.74) is 1.13. The molecule has 1 N–H and O–H groups in total. The SMILES string of the molecule is CC(C)(C)OC(=O)N1CCC(c2ccc(OCCO[Si](C)(C)C(C)(C)C)cc2)=C(C(=O)O)C1. The number of amides is 1. The number of nitrogens with zero attached hydrogens (tertiary/aromatic N) is 1. The molecule has 2 rings (SSSR count). The molecule has 33 heavy (non-hydrogen) atoms. The Labute approximate surface area is 198 Å². The minimum absolute atomic E-state index is 0.0165. The zero-order valence-electron chi connectivity index (χ0n) is 21.3. The highest BCUT2D eigenvalue weighted by molar-refractivity contribution is 6.74. The van der Waals surface area contributed by atoms with E-state index >= 15 is 0 Å². The Kier molecular flexibility index (Phi) is 8.40. The van der Waals surface area contributed by atoms with E-state index in [4.69, 9.17) is 13.9 Å². The zero-order valence-corrected chi connectivity index (χ0v) is 22.3.